The summed E-state index contributed by atoms with van der Waals surface area (Å²) in [5.41, 5.74) is 0.601. The third kappa shape index (κ3) is 6.29. The lowest BCUT2D eigenvalue weighted by Crippen LogP contribution is -2.21. The molecule has 1 unspecified atom stereocenters. The van der Waals surface area contributed by atoms with E-state index < -0.39 is 0 Å². The van der Waals surface area contributed by atoms with Gasteiger partial charge in [0.15, 0.2) is 0 Å². The molecule has 1 atom stereocenters. The second-order valence-electron chi connectivity index (χ2n) is 4.28. The number of aromatic hydroxyl groups is 1. The van der Waals surface area contributed by atoms with Gasteiger partial charge in [-0.3, -0.25) is 4.79 Å². The Balaban J connectivity index is 0.000000276. The monoisotopic (exact) mass is 289 g/mol. The van der Waals surface area contributed by atoms with Crippen molar-refractivity contribution < 1.29 is 9.90 Å². The molecule has 0 spiro atoms. The van der Waals surface area contributed by atoms with Crippen LogP contribution in [0.5, 0.6) is 5.75 Å². The molecule has 0 aliphatic heterocycles. The molecule has 0 radical (unpaired) electrons. The highest BCUT2D eigenvalue weighted by Crippen LogP contribution is 2.16. The minimum atomic E-state index is -0.138. The van der Waals surface area contributed by atoms with E-state index in [1.54, 1.807) is 25.1 Å². The summed E-state index contributed by atoms with van der Waals surface area (Å²) in [4.78, 5) is 11.4. The van der Waals surface area contributed by atoms with Gasteiger partial charge in [0.1, 0.15) is 5.75 Å². The molecule has 0 aliphatic rings. The molecule has 2 N–H and O–H groups in total. The molecule has 1 amide bonds. The molecule has 2 aromatic carbocycles. The lowest BCUT2D eigenvalue weighted by atomic mass is 10.2. The molecular weight excluding hydrogens is 270 g/mol. The molecule has 4 heteroatoms. The number of hydrogen-bond donors (Lipinski definition) is 3. The molecule has 2 aromatic rings. The molecule has 106 valence electrons. The van der Waals surface area contributed by atoms with E-state index in [-0.39, 0.29) is 17.6 Å². The number of nitrogens with one attached hydrogen (secondary N) is 1. The van der Waals surface area contributed by atoms with E-state index in [1.807, 2.05) is 36.4 Å². The van der Waals surface area contributed by atoms with Crippen LogP contribution in [0, 0.1) is 5.92 Å². The summed E-state index contributed by atoms with van der Waals surface area (Å²) in [5, 5.41) is 11.8. The lowest BCUT2D eigenvalue weighted by Gasteiger charge is -2.09. The summed E-state index contributed by atoms with van der Waals surface area (Å²) in [6.45, 7) is 1.80. The maximum Gasteiger partial charge on any atom is 0.228 e. The molecule has 0 fully saturated rings. The van der Waals surface area contributed by atoms with Crippen LogP contribution in [0.4, 0.5) is 5.69 Å². The predicted molar refractivity (Wildman–Crippen MR) is 86.2 cm³/mol. The summed E-state index contributed by atoms with van der Waals surface area (Å²) in [5.74, 6) is 0.414. The van der Waals surface area contributed by atoms with Gasteiger partial charge in [-0.05, 0) is 12.1 Å². The van der Waals surface area contributed by atoms with Crippen molar-refractivity contribution in [2.24, 2.45) is 5.92 Å². The largest absolute Gasteiger partial charge is 0.508 e. The van der Waals surface area contributed by atoms with Crippen LogP contribution in [-0.2, 0) is 4.79 Å². The Hall–Kier alpha value is -1.94. The van der Waals surface area contributed by atoms with Crippen molar-refractivity contribution in [2.75, 3.05) is 11.1 Å². The lowest BCUT2D eigenvalue weighted by molar-refractivity contribution is -0.118. The third-order valence-corrected chi connectivity index (χ3v) is 3.05. The van der Waals surface area contributed by atoms with Gasteiger partial charge in [0.2, 0.25) is 5.91 Å². The number of thiol groups is 1. The first kappa shape index (κ1) is 16.1. The van der Waals surface area contributed by atoms with Gasteiger partial charge in [-0.15, -0.1) is 0 Å². The minimum absolute atomic E-state index is 0.0920. The first-order valence-corrected chi connectivity index (χ1v) is 6.97. The van der Waals surface area contributed by atoms with Gasteiger partial charge < -0.3 is 10.4 Å². The molecule has 0 saturated carbocycles. The summed E-state index contributed by atoms with van der Waals surface area (Å²) < 4.78 is 0. The number of carbonyl (C=O) groups excluding carboxylic acids is 1. The molecule has 20 heavy (non-hydrogen) atoms. The van der Waals surface area contributed by atoms with E-state index in [9.17, 15) is 4.79 Å². The number of carbonyl (C=O) groups is 1. The summed E-state index contributed by atoms with van der Waals surface area (Å²) >= 11 is 4.03. The molecule has 0 heterocycles. The van der Waals surface area contributed by atoms with Crippen LogP contribution >= 0.6 is 12.6 Å². The van der Waals surface area contributed by atoms with Crippen LogP contribution in [0.2, 0.25) is 0 Å². The Kier molecular flexibility index (Phi) is 7.29. The Labute approximate surface area is 125 Å². The van der Waals surface area contributed by atoms with Crippen LogP contribution < -0.4 is 5.32 Å². The smallest absolute Gasteiger partial charge is 0.228 e. The van der Waals surface area contributed by atoms with Crippen molar-refractivity contribution in [3.05, 3.63) is 60.7 Å². The van der Waals surface area contributed by atoms with Crippen LogP contribution in [0.25, 0.3) is 0 Å². The number of rotatable bonds is 3. The Morgan fingerprint density at radius 2 is 1.70 bits per heavy atom. The normalized spacial score (nSPS) is 10.9. The molecular formula is C16H19NO2S. The van der Waals surface area contributed by atoms with Crippen LogP contribution in [0.3, 0.4) is 0 Å². The van der Waals surface area contributed by atoms with Crippen molar-refractivity contribution in [3.8, 4) is 5.75 Å². The fourth-order valence-electron chi connectivity index (χ4n) is 1.32. The van der Waals surface area contributed by atoms with Crippen molar-refractivity contribution >= 4 is 24.2 Å². The topological polar surface area (TPSA) is 49.3 Å². The first-order chi connectivity index (χ1) is 9.63. The molecule has 3 nitrogen and oxygen atoms in total. The average molecular weight is 289 g/mol. The van der Waals surface area contributed by atoms with E-state index >= 15 is 0 Å². The highest BCUT2D eigenvalue weighted by atomic mass is 32.1. The zero-order chi connectivity index (χ0) is 14.8. The average Bonchev–Trinajstić information content (AvgIpc) is 2.49. The van der Waals surface area contributed by atoms with Crippen molar-refractivity contribution in [2.45, 2.75) is 6.92 Å². The maximum atomic E-state index is 11.4. The third-order valence-electron chi connectivity index (χ3n) is 2.50. The van der Waals surface area contributed by atoms with Gasteiger partial charge in [-0.2, -0.15) is 12.6 Å². The summed E-state index contributed by atoms with van der Waals surface area (Å²) in [6, 6.07) is 18.5. The Morgan fingerprint density at radius 3 is 2.15 bits per heavy atom. The van der Waals surface area contributed by atoms with E-state index in [2.05, 4.69) is 17.9 Å². The number of phenolic OH excluding ortho intramolecular Hbond substituents is 1. The second-order valence-corrected chi connectivity index (χ2v) is 4.64. The van der Waals surface area contributed by atoms with E-state index in [0.29, 0.717) is 11.4 Å². The molecule has 2 rings (SSSR count). The van der Waals surface area contributed by atoms with E-state index in [4.69, 9.17) is 5.11 Å². The Morgan fingerprint density at radius 1 is 1.15 bits per heavy atom. The van der Waals surface area contributed by atoms with E-state index in [1.165, 1.54) is 6.07 Å². The summed E-state index contributed by atoms with van der Waals surface area (Å²) in [6.07, 6.45) is 0. The molecule has 0 saturated heterocycles. The highest BCUT2D eigenvalue weighted by molar-refractivity contribution is 7.80. The quantitative estimate of drug-likeness (QED) is 0.756. The van der Waals surface area contributed by atoms with Gasteiger partial charge in [-0.1, -0.05) is 49.4 Å². The standard InChI is InChI=1S/C10H13NO2S.C6H6/c1-7(6-14)10(13)11-8-3-2-4-9(12)5-8;1-2-4-6-5-3-1/h2-5,7,12,14H,6H2,1H3,(H,11,13);1-6H. The fourth-order valence-corrected chi connectivity index (χ4v) is 1.48. The van der Waals surface area contributed by atoms with Crippen LogP contribution in [0.1, 0.15) is 6.92 Å². The number of hydrogen-bond acceptors (Lipinski definition) is 3. The van der Waals surface area contributed by atoms with Crippen molar-refractivity contribution in [1.82, 2.24) is 0 Å². The maximum absolute atomic E-state index is 11.4. The predicted octanol–water partition coefficient (Wildman–Crippen LogP) is 3.58. The van der Waals surface area contributed by atoms with Gasteiger partial charge in [0, 0.05) is 23.4 Å². The van der Waals surface area contributed by atoms with Crippen molar-refractivity contribution in [3.63, 3.8) is 0 Å². The highest BCUT2D eigenvalue weighted by Gasteiger charge is 2.10. The first-order valence-electron chi connectivity index (χ1n) is 6.34. The van der Waals surface area contributed by atoms with Crippen LogP contribution in [-0.4, -0.2) is 16.8 Å². The fraction of sp³-hybridized carbons (Fsp3) is 0.188. The molecule has 0 bridgehead atoms. The molecule has 0 aromatic heterocycles. The molecule has 0 aliphatic carbocycles. The van der Waals surface area contributed by atoms with Gasteiger partial charge in [0.25, 0.3) is 0 Å². The zero-order valence-corrected chi connectivity index (χ0v) is 12.3. The van der Waals surface area contributed by atoms with Gasteiger partial charge >= 0.3 is 0 Å². The summed E-state index contributed by atoms with van der Waals surface area (Å²) in [7, 11) is 0. The van der Waals surface area contributed by atoms with Crippen LogP contribution in [0.15, 0.2) is 60.7 Å². The van der Waals surface area contributed by atoms with E-state index in [0.717, 1.165) is 0 Å². The Bertz CT molecular complexity index is 490. The van der Waals surface area contributed by atoms with Gasteiger partial charge in [0.05, 0.1) is 0 Å². The minimum Gasteiger partial charge on any atom is -0.508 e. The number of phenols is 1. The number of amides is 1. The number of benzene rings is 2. The SMILES string of the molecule is CC(CS)C(=O)Nc1cccc(O)c1.c1ccccc1. The second kappa shape index (κ2) is 9.04. The zero-order valence-electron chi connectivity index (χ0n) is 11.4. The van der Waals surface area contributed by atoms with Gasteiger partial charge in [-0.25, -0.2) is 0 Å². The number of anilines is 1. The van der Waals surface area contributed by atoms with Crippen molar-refractivity contribution in [1.29, 1.82) is 0 Å².